The normalized spacial score (nSPS) is 16.2. The molecule has 1 atom stereocenters. The molecule has 0 aromatic heterocycles. The number of amides is 1. The zero-order valence-corrected chi connectivity index (χ0v) is 17.0. The number of rotatable bonds is 5. The van der Waals surface area contributed by atoms with E-state index in [9.17, 15) is 23.2 Å². The van der Waals surface area contributed by atoms with Gasteiger partial charge in [-0.3, -0.25) is 9.69 Å². The van der Waals surface area contributed by atoms with Crippen LogP contribution in [-0.4, -0.2) is 49.0 Å². The first kappa shape index (κ1) is 22.4. The molecule has 0 spiro atoms. The second-order valence-corrected chi connectivity index (χ2v) is 7.12. The van der Waals surface area contributed by atoms with Crippen LogP contribution in [0.5, 0.6) is 5.75 Å². The van der Waals surface area contributed by atoms with E-state index in [-0.39, 0.29) is 5.91 Å². The Morgan fingerprint density at radius 3 is 2.39 bits per heavy atom. The highest BCUT2D eigenvalue weighted by Crippen LogP contribution is 2.30. The highest BCUT2D eigenvalue weighted by molar-refractivity contribution is 5.91. The lowest BCUT2D eigenvalue weighted by atomic mass is 10.1. The number of hydrogen-bond acceptors (Lipinski definition) is 4. The highest BCUT2D eigenvalue weighted by Gasteiger charge is 2.30. The number of hydrogen-bond donors (Lipinski definition) is 0. The maximum atomic E-state index is 12.8. The van der Waals surface area contributed by atoms with E-state index in [1.807, 2.05) is 17.0 Å². The van der Waals surface area contributed by atoms with Gasteiger partial charge in [-0.1, -0.05) is 24.3 Å². The number of benzene rings is 2. The number of nitriles is 1. The third-order valence-corrected chi connectivity index (χ3v) is 5.18. The number of carbonyl (C=O) groups is 1. The third kappa shape index (κ3) is 5.64. The van der Waals surface area contributed by atoms with Crippen molar-refractivity contribution in [1.29, 1.82) is 5.26 Å². The minimum atomic E-state index is -4.43. The second-order valence-electron chi connectivity index (χ2n) is 7.12. The van der Waals surface area contributed by atoms with Gasteiger partial charge in [0.1, 0.15) is 11.8 Å². The van der Waals surface area contributed by atoms with Gasteiger partial charge in [0, 0.05) is 32.3 Å². The van der Waals surface area contributed by atoms with Crippen LogP contribution in [0.3, 0.4) is 0 Å². The third-order valence-electron chi connectivity index (χ3n) is 5.18. The van der Waals surface area contributed by atoms with Crippen molar-refractivity contribution in [3.8, 4) is 11.8 Å². The van der Waals surface area contributed by atoms with Crippen LogP contribution >= 0.6 is 0 Å². The Bertz CT molecular complexity index is 973. The van der Waals surface area contributed by atoms with Crippen LogP contribution in [-0.2, 0) is 11.0 Å². The van der Waals surface area contributed by atoms with Gasteiger partial charge in [-0.05, 0) is 41.5 Å². The standard InChI is InChI=1S/C23H22F3N3O2/c1-31-20-8-6-18(7-9-20)21(16-27)28-11-13-29(14-12-28)22(30)10-5-17-3-2-4-19(15-17)23(24,25)26/h2-10,15,21H,11-14H2,1H3/b10-5+. The van der Waals surface area contributed by atoms with Crippen LogP contribution in [0, 0.1) is 11.3 Å². The van der Waals surface area contributed by atoms with Crippen LogP contribution in [0.15, 0.2) is 54.6 Å². The number of alkyl halides is 3. The first-order valence-corrected chi connectivity index (χ1v) is 9.73. The molecule has 0 N–H and O–H groups in total. The van der Waals surface area contributed by atoms with Crippen molar-refractivity contribution in [1.82, 2.24) is 9.80 Å². The zero-order valence-electron chi connectivity index (χ0n) is 17.0. The molecule has 1 amide bonds. The van der Waals surface area contributed by atoms with E-state index in [2.05, 4.69) is 6.07 Å². The van der Waals surface area contributed by atoms with Gasteiger partial charge in [0.15, 0.2) is 0 Å². The van der Waals surface area contributed by atoms with Gasteiger partial charge >= 0.3 is 6.18 Å². The molecule has 1 saturated heterocycles. The second kappa shape index (κ2) is 9.67. The fourth-order valence-electron chi connectivity index (χ4n) is 3.45. The van der Waals surface area contributed by atoms with Crippen molar-refractivity contribution in [2.45, 2.75) is 12.2 Å². The lowest BCUT2D eigenvalue weighted by Gasteiger charge is -2.36. The molecule has 0 radical (unpaired) electrons. The summed E-state index contributed by atoms with van der Waals surface area (Å²) in [6, 6.07) is 14.0. The molecule has 1 heterocycles. The van der Waals surface area contributed by atoms with Gasteiger partial charge in [0.2, 0.25) is 5.91 Å². The molecule has 1 fully saturated rings. The first-order chi connectivity index (χ1) is 14.8. The molecule has 0 aliphatic carbocycles. The number of nitrogens with zero attached hydrogens (tertiary/aromatic N) is 3. The van der Waals surface area contributed by atoms with Crippen molar-refractivity contribution in [3.05, 3.63) is 71.3 Å². The van der Waals surface area contributed by atoms with Crippen molar-refractivity contribution in [3.63, 3.8) is 0 Å². The van der Waals surface area contributed by atoms with E-state index in [1.54, 1.807) is 24.1 Å². The van der Waals surface area contributed by atoms with Crippen molar-refractivity contribution in [2.24, 2.45) is 0 Å². The first-order valence-electron chi connectivity index (χ1n) is 9.73. The van der Waals surface area contributed by atoms with Crippen LogP contribution in [0.1, 0.15) is 22.7 Å². The molecule has 5 nitrogen and oxygen atoms in total. The van der Waals surface area contributed by atoms with Crippen LogP contribution < -0.4 is 4.74 Å². The predicted molar refractivity (Wildman–Crippen MR) is 110 cm³/mol. The molecule has 1 aliphatic heterocycles. The Kier molecular flexibility index (Phi) is 6.98. The van der Waals surface area contributed by atoms with Crippen molar-refractivity contribution in [2.75, 3.05) is 33.3 Å². The maximum absolute atomic E-state index is 12.8. The Hall–Kier alpha value is -3.31. The Balaban J connectivity index is 1.59. The lowest BCUT2D eigenvalue weighted by molar-refractivity contribution is -0.137. The quantitative estimate of drug-likeness (QED) is 0.671. The summed E-state index contributed by atoms with van der Waals surface area (Å²) in [6.07, 6.45) is -1.75. The maximum Gasteiger partial charge on any atom is 0.416 e. The van der Waals surface area contributed by atoms with Crippen molar-refractivity contribution < 1.29 is 22.7 Å². The summed E-state index contributed by atoms with van der Waals surface area (Å²) in [5.74, 6) is 0.443. The largest absolute Gasteiger partial charge is 0.497 e. The van der Waals surface area contributed by atoms with Gasteiger partial charge in [0.25, 0.3) is 0 Å². The number of piperazine rings is 1. The summed E-state index contributed by atoms with van der Waals surface area (Å²) >= 11 is 0. The summed E-state index contributed by atoms with van der Waals surface area (Å²) < 4.78 is 43.6. The molecular weight excluding hydrogens is 407 g/mol. The van der Waals surface area contributed by atoms with E-state index in [0.29, 0.717) is 37.5 Å². The monoisotopic (exact) mass is 429 g/mol. The molecule has 2 aromatic carbocycles. The molecule has 0 bridgehead atoms. The van der Waals surface area contributed by atoms with Gasteiger partial charge in [-0.25, -0.2) is 0 Å². The Morgan fingerprint density at radius 1 is 1.13 bits per heavy atom. The predicted octanol–water partition coefficient (Wildman–Crippen LogP) is 4.14. The molecule has 1 aliphatic rings. The highest BCUT2D eigenvalue weighted by atomic mass is 19.4. The zero-order chi connectivity index (χ0) is 22.4. The molecule has 3 rings (SSSR count). The fraction of sp³-hybridized carbons (Fsp3) is 0.304. The summed E-state index contributed by atoms with van der Waals surface area (Å²) in [4.78, 5) is 16.1. The van der Waals surface area contributed by atoms with Crippen LogP contribution in [0.2, 0.25) is 0 Å². The molecule has 31 heavy (non-hydrogen) atoms. The van der Waals surface area contributed by atoms with Gasteiger partial charge in [0.05, 0.1) is 18.7 Å². The smallest absolute Gasteiger partial charge is 0.416 e. The Labute approximate surface area is 178 Å². The summed E-state index contributed by atoms with van der Waals surface area (Å²) in [7, 11) is 1.58. The number of halogens is 3. The minimum absolute atomic E-state index is 0.269. The summed E-state index contributed by atoms with van der Waals surface area (Å²) in [5, 5.41) is 9.63. The number of carbonyl (C=O) groups excluding carboxylic acids is 1. The number of ether oxygens (including phenoxy) is 1. The van der Waals surface area contributed by atoms with Gasteiger partial charge in [-0.2, -0.15) is 18.4 Å². The Morgan fingerprint density at radius 2 is 1.81 bits per heavy atom. The minimum Gasteiger partial charge on any atom is -0.497 e. The van der Waals surface area contributed by atoms with E-state index >= 15 is 0 Å². The van der Waals surface area contributed by atoms with Crippen LogP contribution in [0.25, 0.3) is 6.08 Å². The average Bonchev–Trinajstić information content (AvgIpc) is 2.78. The molecule has 0 saturated carbocycles. The lowest BCUT2D eigenvalue weighted by Crippen LogP contribution is -2.49. The summed E-state index contributed by atoms with van der Waals surface area (Å²) in [6.45, 7) is 1.90. The topological polar surface area (TPSA) is 56.6 Å². The van der Waals surface area contributed by atoms with Gasteiger partial charge in [-0.15, -0.1) is 0 Å². The SMILES string of the molecule is COc1ccc(C(C#N)N2CCN(C(=O)/C=C/c3cccc(C(F)(F)F)c3)CC2)cc1. The van der Waals surface area contributed by atoms with Gasteiger partial charge < -0.3 is 9.64 Å². The molecule has 2 aromatic rings. The van der Waals surface area contributed by atoms with E-state index in [4.69, 9.17) is 4.74 Å². The van der Waals surface area contributed by atoms with E-state index < -0.39 is 17.8 Å². The molecule has 162 valence electrons. The number of methoxy groups -OCH3 is 1. The van der Waals surface area contributed by atoms with Crippen molar-refractivity contribution >= 4 is 12.0 Å². The summed E-state index contributed by atoms with van der Waals surface area (Å²) in [5.41, 5.74) is 0.412. The van der Waals surface area contributed by atoms with E-state index in [1.165, 1.54) is 24.3 Å². The average molecular weight is 429 g/mol. The molecule has 8 heteroatoms. The molecule has 1 unspecified atom stereocenters. The van der Waals surface area contributed by atoms with E-state index in [0.717, 1.165) is 17.7 Å². The molecular formula is C23H22F3N3O2. The fourth-order valence-corrected chi connectivity index (χ4v) is 3.45. The van der Waals surface area contributed by atoms with Crippen LogP contribution in [0.4, 0.5) is 13.2 Å².